The van der Waals surface area contributed by atoms with Crippen molar-refractivity contribution in [2.75, 3.05) is 6.54 Å². The minimum Gasteiger partial charge on any atom is -0.384 e. The van der Waals surface area contributed by atoms with Crippen LogP contribution in [-0.4, -0.2) is 83.7 Å². The maximum atomic E-state index is 14.4. The van der Waals surface area contributed by atoms with Crippen LogP contribution < -0.4 is 11.1 Å². The zero-order valence-electron chi connectivity index (χ0n) is 26.8. The Kier molecular flexibility index (Phi) is 9.89. The highest BCUT2D eigenvalue weighted by molar-refractivity contribution is 6.41. The van der Waals surface area contributed by atoms with Gasteiger partial charge < -0.3 is 21.1 Å². The molecule has 248 valence electrons. The largest absolute Gasteiger partial charge is 0.384 e. The van der Waals surface area contributed by atoms with E-state index in [0.29, 0.717) is 11.2 Å². The van der Waals surface area contributed by atoms with Gasteiger partial charge in [-0.15, -0.1) is 5.10 Å². The second kappa shape index (κ2) is 13.9. The fourth-order valence-corrected chi connectivity index (χ4v) is 6.38. The molecule has 3 aromatic rings. The van der Waals surface area contributed by atoms with Gasteiger partial charge in [0.05, 0.1) is 29.5 Å². The van der Waals surface area contributed by atoms with Crippen molar-refractivity contribution in [3.8, 4) is 0 Å². The number of primary amides is 1. The van der Waals surface area contributed by atoms with Crippen molar-refractivity contribution in [3.63, 3.8) is 0 Å². The summed E-state index contributed by atoms with van der Waals surface area (Å²) in [5.74, 6) is -4.03. The number of hydrogen-bond acceptors (Lipinski definition) is 9. The average Bonchev–Trinajstić information content (AvgIpc) is 3.72. The highest BCUT2D eigenvalue weighted by atomic mass is 16.3. The fraction of sp³-hybridized carbons (Fsp3) is 0.485. The van der Waals surface area contributed by atoms with Crippen molar-refractivity contribution in [2.45, 2.75) is 89.4 Å². The highest BCUT2D eigenvalue weighted by Crippen LogP contribution is 2.33. The van der Waals surface area contributed by atoms with Crippen LogP contribution >= 0.6 is 0 Å². The van der Waals surface area contributed by atoms with Crippen LogP contribution in [0.25, 0.3) is 10.9 Å². The Hall–Kier alpha value is -4.85. The number of nitrogens with two attached hydrogens (primary N) is 1. The number of likely N-dealkylation sites (tertiary alicyclic amines) is 1. The maximum Gasteiger partial charge on any atom is 0.296 e. The number of ketones is 1. The topological polar surface area (TPSA) is 203 Å². The van der Waals surface area contributed by atoms with Gasteiger partial charge in [-0.3, -0.25) is 24.0 Å². The third-order valence-electron chi connectivity index (χ3n) is 8.89. The van der Waals surface area contributed by atoms with E-state index in [9.17, 15) is 29.1 Å². The lowest BCUT2D eigenvalue weighted by molar-refractivity contribution is -0.139. The van der Waals surface area contributed by atoms with E-state index in [1.54, 1.807) is 32.0 Å². The number of nitrogens with zero attached hydrogens (tertiary/aromatic N) is 6. The van der Waals surface area contributed by atoms with Crippen LogP contribution in [0.3, 0.4) is 0 Å². The van der Waals surface area contributed by atoms with Crippen molar-refractivity contribution in [2.24, 2.45) is 16.6 Å². The number of nitrogens with one attached hydrogen (secondary N) is 1. The summed E-state index contributed by atoms with van der Waals surface area (Å²) in [6.45, 7) is 4.46. The highest BCUT2D eigenvalue weighted by Gasteiger charge is 2.44. The molecule has 14 nitrogen and oxygen atoms in total. The van der Waals surface area contributed by atoms with Gasteiger partial charge in [-0.05, 0) is 45.2 Å². The molecule has 0 radical (unpaired) electrons. The van der Waals surface area contributed by atoms with E-state index >= 15 is 0 Å². The molecule has 1 saturated heterocycles. The molecular formula is C33H40N8O6. The molecule has 2 aliphatic rings. The number of benzene rings is 1. The van der Waals surface area contributed by atoms with Crippen LogP contribution in [0.2, 0.25) is 0 Å². The van der Waals surface area contributed by atoms with E-state index in [-0.39, 0.29) is 36.7 Å². The molecule has 1 saturated carbocycles. The van der Waals surface area contributed by atoms with Gasteiger partial charge in [0, 0.05) is 18.4 Å². The smallest absolute Gasteiger partial charge is 0.296 e. The van der Waals surface area contributed by atoms with Crippen LogP contribution in [-0.2, 0) is 24.8 Å². The predicted molar refractivity (Wildman–Crippen MR) is 171 cm³/mol. The fourth-order valence-electron chi connectivity index (χ4n) is 6.38. The van der Waals surface area contributed by atoms with Crippen molar-refractivity contribution in [1.29, 1.82) is 0 Å². The lowest BCUT2D eigenvalue weighted by Gasteiger charge is -2.27. The number of aliphatic imine (C=N–C) groups is 1. The zero-order valence-corrected chi connectivity index (χ0v) is 26.8. The van der Waals surface area contributed by atoms with Crippen molar-refractivity contribution in [3.05, 3.63) is 54.0 Å². The third-order valence-corrected chi connectivity index (χ3v) is 8.89. The van der Waals surface area contributed by atoms with Crippen LogP contribution in [0.1, 0.15) is 87.9 Å². The number of aromatic nitrogens is 4. The summed E-state index contributed by atoms with van der Waals surface area (Å²) in [4.78, 5) is 75.4. The van der Waals surface area contributed by atoms with Gasteiger partial charge in [-0.25, -0.2) is 14.7 Å². The number of para-hydroxylation sites is 1. The molecule has 4 N–H and O–H groups in total. The minimum atomic E-state index is -1.33. The van der Waals surface area contributed by atoms with E-state index < -0.39 is 53.1 Å². The Morgan fingerprint density at radius 2 is 1.81 bits per heavy atom. The van der Waals surface area contributed by atoms with Gasteiger partial charge in [0.2, 0.25) is 11.7 Å². The van der Waals surface area contributed by atoms with Crippen LogP contribution in [0.4, 0.5) is 0 Å². The molecule has 14 heteroatoms. The Morgan fingerprint density at radius 1 is 1.09 bits per heavy atom. The number of carbonyl (C=O) groups excluding carboxylic acids is 5. The molecule has 5 rings (SSSR count). The molecular weight excluding hydrogens is 604 g/mol. The second-order valence-corrected chi connectivity index (χ2v) is 12.9. The molecule has 2 fully saturated rings. The molecule has 1 aliphatic carbocycles. The van der Waals surface area contributed by atoms with Gasteiger partial charge in [-0.1, -0.05) is 61.6 Å². The summed E-state index contributed by atoms with van der Waals surface area (Å²) in [6.07, 6.45) is 6.56. The first-order valence-electron chi connectivity index (χ1n) is 15.9. The second-order valence-electron chi connectivity index (χ2n) is 12.9. The zero-order chi connectivity index (χ0) is 33.9. The number of rotatable bonds is 10. The summed E-state index contributed by atoms with van der Waals surface area (Å²) in [7, 11) is 0. The maximum absolute atomic E-state index is 14.4. The number of amides is 4. The van der Waals surface area contributed by atoms with E-state index in [4.69, 9.17) is 5.73 Å². The number of pyridine rings is 1. The van der Waals surface area contributed by atoms with Gasteiger partial charge in [-0.2, -0.15) is 0 Å². The molecule has 2 aromatic heterocycles. The monoisotopic (exact) mass is 644 g/mol. The number of fused-ring (bicyclic) bond motifs is 1. The summed E-state index contributed by atoms with van der Waals surface area (Å²) in [5.41, 5.74) is 4.90. The molecule has 3 heterocycles. The van der Waals surface area contributed by atoms with E-state index in [1.165, 1.54) is 22.7 Å². The van der Waals surface area contributed by atoms with Crippen LogP contribution in [0.15, 0.2) is 47.6 Å². The Morgan fingerprint density at radius 3 is 2.51 bits per heavy atom. The summed E-state index contributed by atoms with van der Waals surface area (Å²) in [6, 6.07) is 7.74. The molecule has 47 heavy (non-hydrogen) atoms. The average molecular weight is 645 g/mol. The van der Waals surface area contributed by atoms with Gasteiger partial charge in [0.15, 0.2) is 0 Å². The first-order chi connectivity index (χ1) is 22.3. The number of aliphatic hydroxyl groups is 1. The number of hydrogen-bond donors (Lipinski definition) is 3. The lowest BCUT2D eigenvalue weighted by Crippen LogP contribution is -2.52. The van der Waals surface area contributed by atoms with Gasteiger partial charge >= 0.3 is 0 Å². The Labute approximate surface area is 271 Å². The van der Waals surface area contributed by atoms with E-state index in [0.717, 1.165) is 37.5 Å². The van der Waals surface area contributed by atoms with Crippen molar-refractivity contribution < 1.29 is 29.1 Å². The standard InChI is InChI=1S/C33H40N8O6/c1-19(28(42)29(34)43)36-31(45)26-16-22(41-27(17-35-39-41)33(2,3)47)18-40(26)32(46)25(15-20-9-5-4-6-10-20)38-30(44)24-14-13-21-11-7-8-12-23(21)37-24/h7-8,11-14,17,19-20,22,26,47H,4-6,9-10,15-16,18H2,1-3H3,(H2,34,43)(H,36,45)/b38-25+/t19?,22-,26-/m0/s1. The first-order valence-corrected chi connectivity index (χ1v) is 15.9. The Balaban J connectivity index is 1.50. The first kappa shape index (κ1) is 33.5. The Bertz CT molecular complexity index is 1720. The summed E-state index contributed by atoms with van der Waals surface area (Å²) >= 11 is 0. The lowest BCUT2D eigenvalue weighted by atomic mass is 9.85. The van der Waals surface area contributed by atoms with E-state index in [1.807, 2.05) is 18.2 Å². The molecule has 1 aromatic carbocycles. The molecule has 3 atom stereocenters. The number of Topliss-reactive ketones (excluding diaryl/α,β-unsaturated/α-hetero) is 1. The van der Waals surface area contributed by atoms with Gasteiger partial charge in [0.1, 0.15) is 23.0 Å². The predicted octanol–water partition coefficient (Wildman–Crippen LogP) is 2.01. The van der Waals surface area contributed by atoms with Crippen molar-refractivity contribution in [1.82, 2.24) is 30.2 Å². The van der Waals surface area contributed by atoms with Crippen LogP contribution in [0, 0.1) is 5.92 Å². The SMILES string of the molecule is CC(NC(=O)[C@@H]1C[C@H](n2nncc2C(C)(C)O)CN1C(=O)/C(CC1CCCCC1)=N/C(=O)c1ccc2ccccc2n1)C(=O)C(N)=O. The van der Waals surface area contributed by atoms with Gasteiger partial charge in [0.25, 0.3) is 17.7 Å². The summed E-state index contributed by atoms with van der Waals surface area (Å²) < 4.78 is 1.48. The minimum absolute atomic E-state index is 0.0119. The van der Waals surface area contributed by atoms with Crippen molar-refractivity contribution >= 4 is 46.0 Å². The molecule has 0 bridgehead atoms. The molecule has 1 unspecified atom stereocenters. The summed E-state index contributed by atoms with van der Waals surface area (Å²) in [5, 5.41) is 22.2. The number of carbonyl (C=O) groups is 5. The molecule has 4 amide bonds. The third kappa shape index (κ3) is 7.59. The quantitative estimate of drug-likeness (QED) is 0.218. The van der Waals surface area contributed by atoms with Crippen LogP contribution in [0.5, 0.6) is 0 Å². The normalized spacial score (nSPS) is 19.8. The molecule has 0 spiro atoms. The molecule has 1 aliphatic heterocycles. The van der Waals surface area contributed by atoms with E-state index in [2.05, 4.69) is 25.6 Å².